The Morgan fingerprint density at radius 2 is 1.87 bits per heavy atom. The number of hydrogen-bond acceptors (Lipinski definition) is 0. The van der Waals surface area contributed by atoms with E-state index < -0.39 is 0 Å². The van der Waals surface area contributed by atoms with Crippen molar-refractivity contribution in [2.75, 3.05) is 0 Å². The largest absolute Gasteiger partial charge is 0.0850 e. The molecule has 0 fully saturated rings. The van der Waals surface area contributed by atoms with E-state index in [-0.39, 0.29) is 0 Å². The van der Waals surface area contributed by atoms with Crippen molar-refractivity contribution in [3.63, 3.8) is 0 Å². The second-order valence-corrected chi connectivity index (χ2v) is 4.97. The Kier molecular flexibility index (Phi) is 3.38. The summed E-state index contributed by atoms with van der Waals surface area (Å²) in [5, 5.41) is 1.61. The lowest BCUT2D eigenvalue weighted by atomic mass is 9.85. The van der Waals surface area contributed by atoms with Crippen molar-refractivity contribution in [1.82, 2.24) is 0 Å². The Hall–Kier alpha value is -0.460. The van der Waals surface area contributed by atoms with E-state index >= 15 is 0 Å². The van der Waals surface area contributed by atoms with E-state index in [0.29, 0.717) is 5.92 Å². The first-order chi connectivity index (χ1) is 7.18. The summed E-state index contributed by atoms with van der Waals surface area (Å²) in [6.07, 6.45) is 5.68. The van der Waals surface area contributed by atoms with Crippen LogP contribution in [0.3, 0.4) is 0 Å². The van der Waals surface area contributed by atoms with Crippen molar-refractivity contribution in [3.8, 4) is 0 Å². The van der Waals surface area contributed by atoms with E-state index in [4.69, 9.17) is 23.2 Å². The Balaban J connectivity index is 2.30. The molecule has 0 saturated carbocycles. The molecule has 0 saturated heterocycles. The molecular formula is C13H14Cl2. The van der Waals surface area contributed by atoms with Crippen LogP contribution in [0.2, 0.25) is 10.0 Å². The molecule has 0 aliphatic heterocycles. The van der Waals surface area contributed by atoms with Crippen molar-refractivity contribution in [1.29, 1.82) is 0 Å². The fourth-order valence-corrected chi connectivity index (χ4v) is 2.83. The molecule has 1 aromatic rings. The summed E-state index contributed by atoms with van der Waals surface area (Å²) in [5.41, 5.74) is 2.61. The molecule has 15 heavy (non-hydrogen) atoms. The highest BCUT2D eigenvalue weighted by molar-refractivity contribution is 6.36. The van der Waals surface area contributed by atoms with Crippen LogP contribution in [0.5, 0.6) is 0 Å². The Morgan fingerprint density at radius 1 is 1.20 bits per heavy atom. The second-order valence-electron chi connectivity index (χ2n) is 4.16. The highest BCUT2D eigenvalue weighted by atomic mass is 35.5. The summed E-state index contributed by atoms with van der Waals surface area (Å²) < 4.78 is 0. The monoisotopic (exact) mass is 240 g/mol. The topological polar surface area (TPSA) is 0 Å². The standard InChI is InChI=1S/C13H14Cl2/c1-9-5-7-10(8-6-9)13-11(14)3-2-4-12(13)15/h2-5,10H,6-8H2,1H3. The molecule has 0 amide bonds. The lowest BCUT2D eigenvalue weighted by Crippen LogP contribution is -2.04. The maximum atomic E-state index is 6.19. The van der Waals surface area contributed by atoms with Crippen molar-refractivity contribution in [3.05, 3.63) is 45.5 Å². The van der Waals surface area contributed by atoms with E-state index in [0.717, 1.165) is 34.9 Å². The number of halogens is 2. The van der Waals surface area contributed by atoms with Crippen molar-refractivity contribution < 1.29 is 0 Å². The summed E-state index contributed by atoms with van der Waals surface area (Å²) in [7, 11) is 0. The Labute approximate surface area is 101 Å². The van der Waals surface area contributed by atoms with E-state index in [1.54, 1.807) is 0 Å². The molecule has 0 bridgehead atoms. The van der Waals surface area contributed by atoms with Crippen LogP contribution in [0.25, 0.3) is 0 Å². The highest BCUT2D eigenvalue weighted by Gasteiger charge is 2.19. The van der Waals surface area contributed by atoms with Crippen LogP contribution in [-0.4, -0.2) is 0 Å². The van der Waals surface area contributed by atoms with Gasteiger partial charge in [-0.3, -0.25) is 0 Å². The second kappa shape index (κ2) is 4.59. The number of rotatable bonds is 1. The van der Waals surface area contributed by atoms with Gasteiger partial charge in [0.15, 0.2) is 0 Å². The normalized spacial score (nSPS) is 21.3. The van der Waals surface area contributed by atoms with Crippen LogP contribution in [0, 0.1) is 0 Å². The summed E-state index contributed by atoms with van der Waals surface area (Å²) in [6, 6.07) is 5.75. The van der Waals surface area contributed by atoms with Gasteiger partial charge in [-0.2, -0.15) is 0 Å². The minimum absolute atomic E-state index is 0.495. The van der Waals surface area contributed by atoms with Gasteiger partial charge in [0.2, 0.25) is 0 Å². The van der Waals surface area contributed by atoms with Gasteiger partial charge < -0.3 is 0 Å². The third-order valence-electron chi connectivity index (χ3n) is 3.05. The molecule has 1 unspecified atom stereocenters. The molecule has 0 heterocycles. The minimum Gasteiger partial charge on any atom is -0.0850 e. The Bertz CT molecular complexity index is 373. The van der Waals surface area contributed by atoms with Crippen molar-refractivity contribution >= 4 is 23.2 Å². The van der Waals surface area contributed by atoms with Gasteiger partial charge in [0.25, 0.3) is 0 Å². The molecule has 0 spiro atoms. The molecule has 2 rings (SSSR count). The first kappa shape index (κ1) is 11.0. The predicted molar refractivity (Wildman–Crippen MR) is 66.8 cm³/mol. The van der Waals surface area contributed by atoms with Gasteiger partial charge in [0.1, 0.15) is 0 Å². The third-order valence-corrected chi connectivity index (χ3v) is 3.71. The zero-order valence-corrected chi connectivity index (χ0v) is 10.3. The van der Waals surface area contributed by atoms with Gasteiger partial charge in [-0.05, 0) is 49.8 Å². The maximum absolute atomic E-state index is 6.19. The molecule has 80 valence electrons. The van der Waals surface area contributed by atoms with Gasteiger partial charge in [-0.1, -0.05) is 40.9 Å². The average Bonchev–Trinajstić information content (AvgIpc) is 2.20. The maximum Gasteiger partial charge on any atom is 0.0455 e. The molecule has 1 atom stereocenters. The zero-order valence-electron chi connectivity index (χ0n) is 8.76. The molecule has 0 N–H and O–H groups in total. The first-order valence-electron chi connectivity index (χ1n) is 5.28. The predicted octanol–water partition coefficient (Wildman–Crippen LogP) is 5.21. The molecule has 1 aromatic carbocycles. The minimum atomic E-state index is 0.495. The van der Waals surface area contributed by atoms with Gasteiger partial charge in [-0.25, -0.2) is 0 Å². The van der Waals surface area contributed by atoms with Gasteiger partial charge in [0, 0.05) is 10.0 Å². The summed E-state index contributed by atoms with van der Waals surface area (Å²) in [5.74, 6) is 0.495. The van der Waals surface area contributed by atoms with Gasteiger partial charge >= 0.3 is 0 Å². The van der Waals surface area contributed by atoms with Crippen LogP contribution in [0.15, 0.2) is 29.8 Å². The lowest BCUT2D eigenvalue weighted by Gasteiger charge is -2.22. The fourth-order valence-electron chi connectivity index (χ4n) is 2.13. The number of hydrogen-bond donors (Lipinski definition) is 0. The smallest absolute Gasteiger partial charge is 0.0455 e. The quantitative estimate of drug-likeness (QED) is 0.592. The zero-order chi connectivity index (χ0) is 10.8. The number of benzene rings is 1. The molecule has 2 heteroatoms. The summed E-state index contributed by atoms with van der Waals surface area (Å²) in [6.45, 7) is 2.18. The summed E-state index contributed by atoms with van der Waals surface area (Å²) in [4.78, 5) is 0. The number of allylic oxidation sites excluding steroid dienone is 2. The van der Waals surface area contributed by atoms with Crippen molar-refractivity contribution in [2.45, 2.75) is 32.1 Å². The molecule has 1 aliphatic carbocycles. The van der Waals surface area contributed by atoms with E-state index in [9.17, 15) is 0 Å². The first-order valence-corrected chi connectivity index (χ1v) is 6.03. The van der Waals surface area contributed by atoms with Gasteiger partial charge in [0.05, 0.1) is 0 Å². The third kappa shape index (κ3) is 2.38. The van der Waals surface area contributed by atoms with E-state index in [2.05, 4.69) is 13.0 Å². The molecule has 0 aromatic heterocycles. The van der Waals surface area contributed by atoms with Crippen LogP contribution in [0.1, 0.15) is 37.7 Å². The fraction of sp³-hybridized carbons (Fsp3) is 0.385. The lowest BCUT2D eigenvalue weighted by molar-refractivity contribution is 0.599. The molecule has 0 radical (unpaired) electrons. The van der Waals surface area contributed by atoms with Crippen LogP contribution >= 0.6 is 23.2 Å². The SMILES string of the molecule is CC1=CCC(c2c(Cl)cccc2Cl)CC1. The molecule has 1 aliphatic rings. The molecule has 0 nitrogen and oxygen atoms in total. The van der Waals surface area contributed by atoms with Crippen LogP contribution in [-0.2, 0) is 0 Å². The van der Waals surface area contributed by atoms with Crippen molar-refractivity contribution in [2.24, 2.45) is 0 Å². The summed E-state index contributed by atoms with van der Waals surface area (Å²) >= 11 is 12.4. The Morgan fingerprint density at radius 3 is 2.40 bits per heavy atom. The van der Waals surface area contributed by atoms with Crippen LogP contribution in [0.4, 0.5) is 0 Å². The van der Waals surface area contributed by atoms with E-state index in [1.165, 1.54) is 5.57 Å². The average molecular weight is 241 g/mol. The van der Waals surface area contributed by atoms with E-state index in [1.807, 2.05) is 18.2 Å². The van der Waals surface area contributed by atoms with Gasteiger partial charge in [-0.15, -0.1) is 0 Å². The molecular weight excluding hydrogens is 227 g/mol. The highest BCUT2D eigenvalue weighted by Crippen LogP contribution is 2.39. The van der Waals surface area contributed by atoms with Crippen LogP contribution < -0.4 is 0 Å².